The standard InChI is InChI=1S/C19H23FN2O2/c1-10-17(14(5)23)12(3)22-18(10)19(24)13(4)21-11(2)15-8-6-7-9-16(15)20/h6-9,11,13,21-22H,1-5H3/t11-,13+/m1/s1. The van der Waals surface area contributed by atoms with E-state index in [1.165, 1.54) is 13.0 Å². The Hall–Kier alpha value is -2.27. The van der Waals surface area contributed by atoms with E-state index >= 15 is 0 Å². The number of hydrogen-bond acceptors (Lipinski definition) is 3. The fourth-order valence-corrected chi connectivity index (χ4v) is 3.11. The average Bonchev–Trinajstić information content (AvgIpc) is 2.81. The first-order valence-corrected chi connectivity index (χ1v) is 7.98. The van der Waals surface area contributed by atoms with Crippen LogP contribution in [-0.2, 0) is 0 Å². The zero-order valence-electron chi connectivity index (χ0n) is 14.7. The Morgan fingerprint density at radius 3 is 2.33 bits per heavy atom. The number of nitrogens with one attached hydrogen (secondary N) is 2. The van der Waals surface area contributed by atoms with E-state index in [2.05, 4.69) is 10.3 Å². The van der Waals surface area contributed by atoms with Crippen LogP contribution in [-0.4, -0.2) is 22.6 Å². The number of carbonyl (C=O) groups is 2. The predicted octanol–water partition coefficient (Wildman–Crippen LogP) is 3.90. The van der Waals surface area contributed by atoms with Crippen LogP contribution >= 0.6 is 0 Å². The maximum atomic E-state index is 13.9. The van der Waals surface area contributed by atoms with Crippen LogP contribution in [0.2, 0.25) is 0 Å². The van der Waals surface area contributed by atoms with Gasteiger partial charge in [-0.15, -0.1) is 0 Å². The summed E-state index contributed by atoms with van der Waals surface area (Å²) < 4.78 is 13.9. The summed E-state index contributed by atoms with van der Waals surface area (Å²) in [6.45, 7) is 8.58. The van der Waals surface area contributed by atoms with E-state index in [4.69, 9.17) is 0 Å². The first-order valence-electron chi connectivity index (χ1n) is 7.98. The summed E-state index contributed by atoms with van der Waals surface area (Å²) in [4.78, 5) is 27.4. The van der Waals surface area contributed by atoms with Crippen molar-refractivity contribution in [1.29, 1.82) is 0 Å². The van der Waals surface area contributed by atoms with E-state index in [-0.39, 0.29) is 23.4 Å². The van der Waals surface area contributed by atoms with Crippen molar-refractivity contribution in [1.82, 2.24) is 10.3 Å². The molecule has 1 aromatic carbocycles. The maximum Gasteiger partial charge on any atom is 0.195 e. The molecule has 2 atom stereocenters. The molecular weight excluding hydrogens is 307 g/mol. The number of ketones is 2. The molecule has 1 heterocycles. The smallest absolute Gasteiger partial charge is 0.195 e. The zero-order chi connectivity index (χ0) is 18.0. The average molecular weight is 330 g/mol. The topological polar surface area (TPSA) is 62.0 Å². The normalized spacial score (nSPS) is 13.6. The number of benzene rings is 1. The summed E-state index contributed by atoms with van der Waals surface area (Å²) in [7, 11) is 0. The van der Waals surface area contributed by atoms with Gasteiger partial charge in [0.15, 0.2) is 11.6 Å². The highest BCUT2D eigenvalue weighted by molar-refractivity contribution is 6.05. The van der Waals surface area contributed by atoms with E-state index in [0.717, 1.165) is 0 Å². The number of aryl methyl sites for hydroxylation is 1. The van der Waals surface area contributed by atoms with Gasteiger partial charge < -0.3 is 10.3 Å². The molecule has 0 bridgehead atoms. The lowest BCUT2D eigenvalue weighted by atomic mass is 10.0. The van der Waals surface area contributed by atoms with E-state index in [0.29, 0.717) is 28.1 Å². The molecule has 0 radical (unpaired) electrons. The quantitative estimate of drug-likeness (QED) is 0.790. The second kappa shape index (κ2) is 7.09. The minimum atomic E-state index is -0.517. The Labute approximate surface area is 141 Å². The first kappa shape index (κ1) is 18.1. The molecule has 0 spiro atoms. The van der Waals surface area contributed by atoms with Gasteiger partial charge in [-0.3, -0.25) is 9.59 Å². The Morgan fingerprint density at radius 1 is 1.17 bits per heavy atom. The molecule has 2 rings (SSSR count). The van der Waals surface area contributed by atoms with Crippen LogP contribution in [0.4, 0.5) is 4.39 Å². The summed E-state index contributed by atoms with van der Waals surface area (Å²) in [5, 5.41) is 3.13. The monoisotopic (exact) mass is 330 g/mol. The molecule has 1 aromatic heterocycles. The molecule has 2 N–H and O–H groups in total. The van der Waals surface area contributed by atoms with Crippen molar-refractivity contribution in [2.24, 2.45) is 0 Å². The molecule has 0 unspecified atom stereocenters. The zero-order valence-corrected chi connectivity index (χ0v) is 14.7. The molecule has 0 aliphatic heterocycles. The van der Waals surface area contributed by atoms with Crippen molar-refractivity contribution in [2.75, 3.05) is 0 Å². The minimum Gasteiger partial charge on any atom is -0.355 e. The lowest BCUT2D eigenvalue weighted by molar-refractivity contribution is 0.0940. The molecule has 0 fully saturated rings. The third-order valence-electron chi connectivity index (χ3n) is 4.30. The number of rotatable bonds is 6. The van der Waals surface area contributed by atoms with E-state index < -0.39 is 6.04 Å². The molecule has 128 valence electrons. The van der Waals surface area contributed by atoms with Gasteiger partial charge in [-0.2, -0.15) is 0 Å². The van der Waals surface area contributed by atoms with Gasteiger partial charge in [-0.25, -0.2) is 4.39 Å². The predicted molar refractivity (Wildman–Crippen MR) is 92.0 cm³/mol. The largest absolute Gasteiger partial charge is 0.355 e. The highest BCUT2D eigenvalue weighted by Crippen LogP contribution is 2.21. The van der Waals surface area contributed by atoms with Gasteiger partial charge in [0.2, 0.25) is 0 Å². The number of Topliss-reactive ketones (excluding diaryl/α,β-unsaturated/α-hetero) is 2. The molecule has 0 aliphatic carbocycles. The van der Waals surface area contributed by atoms with Crippen LogP contribution in [0.1, 0.15) is 64.5 Å². The summed E-state index contributed by atoms with van der Waals surface area (Å²) in [6.07, 6.45) is 0. The van der Waals surface area contributed by atoms with Crippen molar-refractivity contribution in [3.63, 3.8) is 0 Å². The second-order valence-corrected chi connectivity index (χ2v) is 6.18. The van der Waals surface area contributed by atoms with Crippen molar-refractivity contribution < 1.29 is 14.0 Å². The third kappa shape index (κ3) is 3.46. The molecule has 5 heteroatoms. The van der Waals surface area contributed by atoms with Crippen molar-refractivity contribution in [2.45, 2.75) is 46.7 Å². The number of halogens is 1. The molecule has 0 saturated heterocycles. The molecule has 2 aromatic rings. The van der Waals surface area contributed by atoms with Gasteiger partial charge in [0.1, 0.15) is 5.82 Å². The Balaban J connectivity index is 2.20. The summed E-state index contributed by atoms with van der Waals surface area (Å²) in [6, 6.07) is 5.67. The van der Waals surface area contributed by atoms with Gasteiger partial charge in [0, 0.05) is 22.9 Å². The SMILES string of the molecule is CC(=O)c1c(C)[nH]c(C(=O)[C@H](C)N[C@H](C)c2ccccc2F)c1C. The molecule has 24 heavy (non-hydrogen) atoms. The van der Waals surface area contributed by atoms with Crippen molar-refractivity contribution >= 4 is 11.6 Å². The summed E-state index contributed by atoms with van der Waals surface area (Å²) in [5.74, 6) is -0.519. The maximum absolute atomic E-state index is 13.9. The number of aromatic nitrogens is 1. The van der Waals surface area contributed by atoms with Crippen LogP contribution in [0.3, 0.4) is 0 Å². The van der Waals surface area contributed by atoms with Crippen molar-refractivity contribution in [3.8, 4) is 0 Å². The molecule has 0 amide bonds. The van der Waals surface area contributed by atoms with Gasteiger partial charge in [-0.05, 0) is 46.2 Å². The summed E-state index contributed by atoms with van der Waals surface area (Å²) in [5.41, 5.74) is 2.86. The van der Waals surface area contributed by atoms with Crippen LogP contribution in [0.5, 0.6) is 0 Å². The van der Waals surface area contributed by atoms with Gasteiger partial charge >= 0.3 is 0 Å². The Bertz CT molecular complexity index is 780. The number of hydrogen-bond donors (Lipinski definition) is 2. The fourth-order valence-electron chi connectivity index (χ4n) is 3.11. The van der Waals surface area contributed by atoms with Crippen molar-refractivity contribution in [3.05, 3.63) is 58.2 Å². The van der Waals surface area contributed by atoms with Crippen LogP contribution < -0.4 is 5.32 Å². The molecule has 0 saturated carbocycles. The summed E-state index contributed by atoms with van der Waals surface area (Å²) >= 11 is 0. The van der Waals surface area contributed by atoms with Crippen LogP contribution in [0, 0.1) is 19.7 Å². The highest BCUT2D eigenvalue weighted by Gasteiger charge is 2.25. The lowest BCUT2D eigenvalue weighted by Gasteiger charge is -2.20. The highest BCUT2D eigenvalue weighted by atomic mass is 19.1. The number of aromatic amines is 1. The Morgan fingerprint density at radius 2 is 1.79 bits per heavy atom. The third-order valence-corrected chi connectivity index (χ3v) is 4.30. The molecule has 0 aliphatic rings. The van der Waals surface area contributed by atoms with Crippen LogP contribution in [0.25, 0.3) is 0 Å². The number of H-pyrrole nitrogens is 1. The minimum absolute atomic E-state index is 0.0689. The fraction of sp³-hybridized carbons (Fsp3) is 0.368. The van der Waals surface area contributed by atoms with Gasteiger partial charge in [0.05, 0.1) is 11.7 Å². The first-order chi connectivity index (χ1) is 11.2. The van der Waals surface area contributed by atoms with E-state index in [1.807, 2.05) is 6.92 Å². The number of carbonyl (C=O) groups excluding carboxylic acids is 2. The molecular formula is C19H23FN2O2. The van der Waals surface area contributed by atoms with Gasteiger partial charge in [0.25, 0.3) is 0 Å². The molecule has 4 nitrogen and oxygen atoms in total. The lowest BCUT2D eigenvalue weighted by Crippen LogP contribution is -2.36. The van der Waals surface area contributed by atoms with E-state index in [1.54, 1.807) is 39.0 Å². The van der Waals surface area contributed by atoms with E-state index in [9.17, 15) is 14.0 Å². The Kier molecular flexibility index (Phi) is 5.34. The van der Waals surface area contributed by atoms with Crippen LogP contribution in [0.15, 0.2) is 24.3 Å². The van der Waals surface area contributed by atoms with Gasteiger partial charge in [-0.1, -0.05) is 18.2 Å². The second-order valence-electron chi connectivity index (χ2n) is 6.18.